The van der Waals surface area contributed by atoms with Gasteiger partial charge in [-0.05, 0) is 22.6 Å². The van der Waals surface area contributed by atoms with Gasteiger partial charge in [-0.2, -0.15) is 21.7 Å². The molecule has 0 bridgehead atoms. The van der Waals surface area contributed by atoms with E-state index in [1.165, 1.54) is 22.7 Å². The second kappa shape index (κ2) is 9.67. The van der Waals surface area contributed by atoms with Gasteiger partial charge in [0.25, 0.3) is 10.2 Å². The minimum Gasteiger partial charge on any atom is -0.355 e. The van der Waals surface area contributed by atoms with Crippen LogP contribution in [0.4, 0.5) is 0 Å². The molecule has 13 heteroatoms. The molecule has 178 valence electrons. The topological polar surface area (TPSA) is 115 Å². The number of halogens is 1. The Kier molecular flexibility index (Phi) is 7.55. The summed E-state index contributed by atoms with van der Waals surface area (Å²) in [5.74, 6) is 0.510. The molecule has 2 heterocycles. The number of tetrazole rings is 1. The molecule has 11 nitrogen and oxygen atoms in total. The van der Waals surface area contributed by atoms with E-state index in [4.69, 9.17) is 21.1 Å². The largest absolute Gasteiger partial charge is 0.355 e. The molecule has 1 aliphatic rings. The summed E-state index contributed by atoms with van der Waals surface area (Å²) in [7, 11) is 2.70. The summed E-state index contributed by atoms with van der Waals surface area (Å²) in [5, 5.41) is 16.4. The van der Waals surface area contributed by atoms with Gasteiger partial charge in [-0.1, -0.05) is 37.6 Å². The van der Waals surface area contributed by atoms with Crippen LogP contribution in [0.15, 0.2) is 24.3 Å². The lowest BCUT2D eigenvalue weighted by molar-refractivity contribution is -0.179. The van der Waals surface area contributed by atoms with E-state index in [1.54, 1.807) is 25.0 Å². The van der Waals surface area contributed by atoms with E-state index in [9.17, 15) is 8.42 Å². The molecule has 3 rings (SSSR count). The fourth-order valence-corrected chi connectivity index (χ4v) is 5.24. The Balaban J connectivity index is 1.95. The summed E-state index contributed by atoms with van der Waals surface area (Å²) in [6.45, 7) is 4.60. The summed E-state index contributed by atoms with van der Waals surface area (Å²) >= 11 is 6.40. The van der Waals surface area contributed by atoms with Crippen molar-refractivity contribution in [1.29, 1.82) is 0 Å². The van der Waals surface area contributed by atoms with E-state index in [1.807, 2.05) is 32.0 Å². The van der Waals surface area contributed by atoms with Crippen LogP contribution in [0.2, 0.25) is 5.02 Å². The lowest BCUT2D eigenvalue weighted by Crippen LogP contribution is -2.63. The Morgan fingerprint density at radius 3 is 2.41 bits per heavy atom. The minimum absolute atomic E-state index is 0.111. The SMILES string of the molecule is COC(OC)C(C)(C)C(NC1CN(S(=O)(=O)N(C)C)C1)c1nnnn1-c1ccccc1Cl. The maximum absolute atomic E-state index is 12.4. The molecule has 2 aromatic rings. The highest BCUT2D eigenvalue weighted by molar-refractivity contribution is 7.86. The van der Waals surface area contributed by atoms with Crippen molar-refractivity contribution in [1.82, 2.24) is 34.1 Å². The van der Waals surface area contributed by atoms with Crippen molar-refractivity contribution in [2.45, 2.75) is 32.2 Å². The highest BCUT2D eigenvalue weighted by atomic mass is 35.5. The molecule has 0 amide bonds. The quantitative estimate of drug-likeness (QED) is 0.495. The zero-order valence-electron chi connectivity index (χ0n) is 19.1. The van der Waals surface area contributed by atoms with Crippen LogP contribution in [-0.2, 0) is 19.7 Å². The summed E-state index contributed by atoms with van der Waals surface area (Å²) in [4.78, 5) is 0. The van der Waals surface area contributed by atoms with E-state index in [-0.39, 0.29) is 6.04 Å². The summed E-state index contributed by atoms with van der Waals surface area (Å²) in [5.41, 5.74) is -0.00787. The average Bonchev–Trinajstić information content (AvgIpc) is 3.16. The second-order valence-corrected chi connectivity index (χ2v) is 11.0. The zero-order chi connectivity index (χ0) is 23.7. The number of methoxy groups -OCH3 is 2. The zero-order valence-corrected chi connectivity index (χ0v) is 20.6. The van der Waals surface area contributed by atoms with Crippen molar-refractivity contribution in [3.8, 4) is 5.69 Å². The van der Waals surface area contributed by atoms with Gasteiger partial charge in [0.05, 0.1) is 16.8 Å². The number of benzene rings is 1. The van der Waals surface area contributed by atoms with Gasteiger partial charge in [-0.25, -0.2) is 0 Å². The Morgan fingerprint density at radius 1 is 1.22 bits per heavy atom. The van der Waals surface area contributed by atoms with Crippen LogP contribution in [0.25, 0.3) is 5.69 Å². The number of nitrogens with one attached hydrogen (secondary N) is 1. The molecule has 1 atom stereocenters. The third-order valence-corrected chi connectivity index (χ3v) is 7.84. The molecule has 1 fully saturated rings. The molecular weight excluding hydrogens is 458 g/mol. The van der Waals surface area contributed by atoms with Crippen LogP contribution in [0.5, 0.6) is 0 Å². The fraction of sp³-hybridized carbons (Fsp3) is 0.632. The van der Waals surface area contributed by atoms with Crippen LogP contribution in [-0.4, -0.2) is 91.0 Å². The number of hydrogen-bond acceptors (Lipinski definition) is 8. The maximum atomic E-state index is 12.4. The Hall–Kier alpha value is -1.67. The van der Waals surface area contributed by atoms with Gasteiger partial charge in [0.1, 0.15) is 0 Å². The van der Waals surface area contributed by atoms with Gasteiger partial charge in [0, 0.05) is 52.9 Å². The highest BCUT2D eigenvalue weighted by Gasteiger charge is 2.46. The number of ether oxygens (including phenoxy) is 2. The molecule has 0 radical (unpaired) electrons. The normalized spacial score (nSPS) is 17.2. The molecule has 1 N–H and O–H groups in total. The van der Waals surface area contributed by atoms with Gasteiger partial charge >= 0.3 is 0 Å². The van der Waals surface area contributed by atoms with Gasteiger partial charge in [0.15, 0.2) is 12.1 Å². The predicted molar refractivity (Wildman–Crippen MR) is 120 cm³/mol. The van der Waals surface area contributed by atoms with Crippen molar-refractivity contribution in [2.75, 3.05) is 41.4 Å². The lowest BCUT2D eigenvalue weighted by atomic mass is 9.82. The third kappa shape index (κ3) is 4.67. The van der Waals surface area contributed by atoms with Crippen molar-refractivity contribution < 1.29 is 17.9 Å². The van der Waals surface area contributed by atoms with Gasteiger partial charge in [-0.3, -0.25) is 0 Å². The van der Waals surface area contributed by atoms with Crippen molar-refractivity contribution in [2.24, 2.45) is 5.41 Å². The standard InChI is InChI=1S/C19H30ClN7O4S/c1-19(2,18(30-5)31-6)16(21-13-11-26(12-13)32(28,29)25(3)4)17-22-23-24-27(17)15-10-8-7-9-14(15)20/h7-10,13,16,18,21H,11-12H2,1-6H3. The first-order chi connectivity index (χ1) is 15.0. The third-order valence-electron chi connectivity index (χ3n) is 5.65. The first-order valence-electron chi connectivity index (χ1n) is 10.1. The molecule has 0 saturated carbocycles. The van der Waals surface area contributed by atoms with E-state index in [2.05, 4.69) is 20.8 Å². The van der Waals surface area contributed by atoms with E-state index in [0.29, 0.717) is 29.6 Å². The smallest absolute Gasteiger partial charge is 0.281 e. The maximum Gasteiger partial charge on any atom is 0.281 e. The fourth-order valence-electron chi connectivity index (χ4n) is 3.83. The van der Waals surface area contributed by atoms with Gasteiger partial charge < -0.3 is 14.8 Å². The number of aromatic nitrogens is 4. The number of nitrogens with zero attached hydrogens (tertiary/aromatic N) is 6. The highest BCUT2D eigenvalue weighted by Crippen LogP contribution is 2.39. The van der Waals surface area contributed by atoms with Crippen LogP contribution in [0.1, 0.15) is 25.7 Å². The van der Waals surface area contributed by atoms with Gasteiger partial charge in [0.2, 0.25) is 0 Å². The summed E-state index contributed by atoms with van der Waals surface area (Å²) in [6, 6.07) is 6.70. The number of rotatable bonds is 10. The van der Waals surface area contributed by atoms with E-state index in [0.717, 1.165) is 0 Å². The van der Waals surface area contributed by atoms with Crippen molar-refractivity contribution in [3.63, 3.8) is 0 Å². The summed E-state index contributed by atoms with van der Waals surface area (Å²) in [6.07, 6.45) is -0.585. The van der Waals surface area contributed by atoms with Crippen LogP contribution in [0, 0.1) is 5.41 Å². The van der Waals surface area contributed by atoms with Crippen LogP contribution >= 0.6 is 11.6 Å². The molecular formula is C19H30ClN7O4S. The number of hydrogen-bond donors (Lipinski definition) is 1. The molecule has 0 spiro atoms. The monoisotopic (exact) mass is 487 g/mol. The van der Waals surface area contributed by atoms with E-state index < -0.39 is 28.0 Å². The molecule has 32 heavy (non-hydrogen) atoms. The second-order valence-electron chi connectivity index (χ2n) is 8.43. The van der Waals surface area contributed by atoms with Gasteiger partial charge in [-0.15, -0.1) is 5.10 Å². The predicted octanol–water partition coefficient (Wildman–Crippen LogP) is 1.08. The van der Waals surface area contributed by atoms with Crippen molar-refractivity contribution >= 4 is 21.8 Å². The first-order valence-corrected chi connectivity index (χ1v) is 11.8. The van der Waals surface area contributed by atoms with Crippen molar-refractivity contribution in [3.05, 3.63) is 35.1 Å². The Labute approximate surface area is 193 Å². The summed E-state index contributed by atoms with van der Waals surface area (Å²) < 4.78 is 40.1. The van der Waals surface area contributed by atoms with Crippen LogP contribution in [0.3, 0.4) is 0 Å². The number of para-hydroxylation sites is 1. The average molecular weight is 488 g/mol. The van der Waals surface area contributed by atoms with Crippen LogP contribution < -0.4 is 5.32 Å². The first kappa shape index (κ1) is 25.0. The Bertz CT molecular complexity index is 1020. The molecule has 1 aromatic heterocycles. The molecule has 1 unspecified atom stereocenters. The molecule has 0 aliphatic carbocycles. The van der Waals surface area contributed by atoms with E-state index >= 15 is 0 Å². The lowest BCUT2D eigenvalue weighted by Gasteiger charge is -2.45. The molecule has 1 saturated heterocycles. The Morgan fingerprint density at radius 2 is 1.84 bits per heavy atom. The molecule has 1 aliphatic heterocycles. The minimum atomic E-state index is -3.47. The molecule has 1 aromatic carbocycles.